The van der Waals surface area contributed by atoms with Gasteiger partial charge in [0.25, 0.3) is 0 Å². The van der Waals surface area contributed by atoms with Gasteiger partial charge < -0.3 is 0 Å². The summed E-state index contributed by atoms with van der Waals surface area (Å²) in [6.07, 6.45) is 2.31. The molecule has 2 heteroatoms. The molecule has 4 unspecified atom stereocenters. The maximum atomic E-state index is 8.79. The Bertz CT molecular complexity index is 169. The lowest BCUT2D eigenvalue weighted by Gasteiger charge is -2.29. The summed E-state index contributed by atoms with van der Waals surface area (Å²) in [6, 6.07) is 2.31. The molecule has 0 aliphatic carbocycles. The van der Waals surface area contributed by atoms with Gasteiger partial charge in [-0.05, 0) is 24.4 Å². The second-order valence-electron chi connectivity index (χ2n) is 4.07. The van der Waals surface area contributed by atoms with Gasteiger partial charge in [-0.25, -0.2) is 0 Å². The summed E-state index contributed by atoms with van der Waals surface area (Å²) >= 11 is 0. The first kappa shape index (κ1) is 11.9. The van der Waals surface area contributed by atoms with E-state index in [9.17, 15) is 0 Å². The van der Waals surface area contributed by atoms with Crippen LogP contribution in [0.2, 0.25) is 0 Å². The average molecular weight is 185 g/mol. The molecular weight excluding hydrogens is 165 g/mol. The van der Waals surface area contributed by atoms with Gasteiger partial charge >= 0.3 is 0 Å². The molecule has 0 bridgehead atoms. The molecule has 0 aliphatic heterocycles. The zero-order valence-corrected chi connectivity index (χ0v) is 9.75. The second kappa shape index (κ2) is 4.83. The highest BCUT2D eigenvalue weighted by Crippen LogP contribution is 2.34. The van der Waals surface area contributed by atoms with Crippen LogP contribution in [0, 0.1) is 23.2 Å². The largest absolute Gasteiger partial charge is 0.198 e. The Kier molecular flexibility index (Phi) is 4.80. The second-order valence-corrected chi connectivity index (χ2v) is 5.39. The average Bonchev–Trinajstić information content (AvgIpc) is 2.02. The van der Waals surface area contributed by atoms with E-state index in [1.54, 1.807) is 0 Å². The minimum Gasteiger partial charge on any atom is -0.198 e. The predicted octanol–water partition coefficient (Wildman–Crippen LogP) is 3.22. The maximum Gasteiger partial charge on any atom is 0.0662 e. The van der Waals surface area contributed by atoms with Crippen LogP contribution in [0.4, 0.5) is 0 Å². The molecule has 0 spiro atoms. The van der Waals surface area contributed by atoms with Crippen LogP contribution in [-0.2, 0) is 0 Å². The van der Waals surface area contributed by atoms with E-state index in [0.29, 0.717) is 5.92 Å². The fraction of sp³-hybridized carbons (Fsp3) is 0.900. The molecule has 0 saturated carbocycles. The molecule has 0 fully saturated rings. The summed E-state index contributed by atoms with van der Waals surface area (Å²) < 4.78 is 0. The van der Waals surface area contributed by atoms with Gasteiger partial charge in [0.15, 0.2) is 0 Å². The molecule has 0 aromatic rings. The molecular formula is C10H20NP. The molecule has 0 aromatic heterocycles. The third-order valence-electron chi connectivity index (χ3n) is 2.67. The van der Waals surface area contributed by atoms with Crippen molar-refractivity contribution in [3.05, 3.63) is 0 Å². The van der Waals surface area contributed by atoms with E-state index in [0.717, 1.165) is 6.42 Å². The van der Waals surface area contributed by atoms with Crippen molar-refractivity contribution < 1.29 is 0 Å². The summed E-state index contributed by atoms with van der Waals surface area (Å²) in [6.45, 7) is 8.59. The van der Waals surface area contributed by atoms with Crippen LogP contribution in [0.25, 0.3) is 0 Å². The standard InChI is InChI=1S/C10H20NP/c1-5-8(2)6-10(4,12)9(3)7-11/h8-9H,5-6,12H2,1-4H3. The smallest absolute Gasteiger partial charge is 0.0662 e. The van der Waals surface area contributed by atoms with Crippen molar-refractivity contribution in [2.24, 2.45) is 11.8 Å². The minimum atomic E-state index is 0.0875. The first-order valence-electron chi connectivity index (χ1n) is 4.62. The summed E-state index contributed by atoms with van der Waals surface area (Å²) in [5.41, 5.74) is 0. The lowest BCUT2D eigenvalue weighted by atomic mass is 9.86. The van der Waals surface area contributed by atoms with Crippen molar-refractivity contribution in [2.45, 2.75) is 45.7 Å². The monoisotopic (exact) mass is 185 g/mol. The highest BCUT2D eigenvalue weighted by molar-refractivity contribution is 7.19. The van der Waals surface area contributed by atoms with Crippen LogP contribution in [0.3, 0.4) is 0 Å². The van der Waals surface area contributed by atoms with Gasteiger partial charge in [0.2, 0.25) is 0 Å². The van der Waals surface area contributed by atoms with E-state index >= 15 is 0 Å². The van der Waals surface area contributed by atoms with Crippen LogP contribution in [0.15, 0.2) is 0 Å². The third-order valence-corrected chi connectivity index (χ3v) is 3.40. The van der Waals surface area contributed by atoms with E-state index in [-0.39, 0.29) is 11.1 Å². The van der Waals surface area contributed by atoms with Crippen LogP contribution in [-0.4, -0.2) is 5.16 Å². The number of hydrogen-bond donors (Lipinski definition) is 0. The molecule has 0 aliphatic rings. The van der Waals surface area contributed by atoms with Gasteiger partial charge in [-0.1, -0.05) is 27.2 Å². The number of hydrogen-bond acceptors (Lipinski definition) is 1. The maximum absolute atomic E-state index is 8.79. The quantitative estimate of drug-likeness (QED) is 0.617. The van der Waals surface area contributed by atoms with Crippen molar-refractivity contribution in [1.82, 2.24) is 0 Å². The van der Waals surface area contributed by atoms with Crippen LogP contribution in [0.5, 0.6) is 0 Å². The predicted molar refractivity (Wildman–Crippen MR) is 57.0 cm³/mol. The molecule has 0 N–H and O–H groups in total. The SMILES string of the molecule is CCC(C)CC(C)(P)C(C)C#N. The van der Waals surface area contributed by atoms with Gasteiger partial charge in [0.05, 0.1) is 12.0 Å². The summed E-state index contributed by atoms with van der Waals surface area (Å²) in [7, 11) is 2.83. The Labute approximate surface area is 78.7 Å². The first-order chi connectivity index (χ1) is 5.44. The highest BCUT2D eigenvalue weighted by atomic mass is 31.0. The number of rotatable bonds is 4. The molecule has 0 aromatic carbocycles. The summed E-state index contributed by atoms with van der Waals surface area (Å²) in [5, 5.41) is 8.88. The van der Waals surface area contributed by atoms with Crippen molar-refractivity contribution in [3.8, 4) is 6.07 Å². The Balaban J connectivity index is 4.14. The fourth-order valence-corrected chi connectivity index (χ4v) is 1.70. The lowest BCUT2D eigenvalue weighted by Crippen LogP contribution is -2.26. The van der Waals surface area contributed by atoms with Crippen LogP contribution >= 0.6 is 9.24 Å². The summed E-state index contributed by atoms with van der Waals surface area (Å²) in [5.74, 6) is 0.833. The van der Waals surface area contributed by atoms with Gasteiger partial charge in [-0.2, -0.15) is 5.26 Å². The Morgan fingerprint density at radius 1 is 1.50 bits per heavy atom. The van der Waals surface area contributed by atoms with Crippen LogP contribution < -0.4 is 0 Å². The molecule has 0 rings (SSSR count). The normalized spacial score (nSPS) is 20.7. The number of nitriles is 1. The van der Waals surface area contributed by atoms with E-state index in [4.69, 9.17) is 5.26 Å². The van der Waals surface area contributed by atoms with Crippen molar-refractivity contribution in [2.75, 3.05) is 0 Å². The molecule has 70 valence electrons. The first-order valence-corrected chi connectivity index (χ1v) is 5.20. The lowest BCUT2D eigenvalue weighted by molar-refractivity contribution is 0.389. The van der Waals surface area contributed by atoms with Gasteiger partial charge in [-0.3, -0.25) is 0 Å². The van der Waals surface area contributed by atoms with Crippen molar-refractivity contribution in [3.63, 3.8) is 0 Å². The van der Waals surface area contributed by atoms with Crippen molar-refractivity contribution in [1.29, 1.82) is 5.26 Å². The third kappa shape index (κ3) is 3.55. The highest BCUT2D eigenvalue weighted by Gasteiger charge is 2.27. The van der Waals surface area contributed by atoms with E-state index in [1.165, 1.54) is 6.42 Å². The number of nitrogens with zero attached hydrogens (tertiary/aromatic N) is 1. The Morgan fingerprint density at radius 3 is 2.33 bits per heavy atom. The molecule has 12 heavy (non-hydrogen) atoms. The molecule has 0 radical (unpaired) electrons. The molecule has 1 nitrogen and oxygen atoms in total. The van der Waals surface area contributed by atoms with E-state index < -0.39 is 0 Å². The molecule has 0 heterocycles. The van der Waals surface area contributed by atoms with Crippen molar-refractivity contribution >= 4 is 9.24 Å². The Morgan fingerprint density at radius 2 is 2.00 bits per heavy atom. The van der Waals surface area contributed by atoms with E-state index in [1.807, 2.05) is 6.92 Å². The Hall–Kier alpha value is -0.0800. The van der Waals surface area contributed by atoms with E-state index in [2.05, 4.69) is 36.1 Å². The molecule has 0 saturated heterocycles. The topological polar surface area (TPSA) is 23.8 Å². The zero-order valence-electron chi connectivity index (χ0n) is 8.59. The molecule has 4 atom stereocenters. The van der Waals surface area contributed by atoms with Gasteiger partial charge in [-0.15, -0.1) is 9.24 Å². The minimum absolute atomic E-state index is 0.0875. The summed E-state index contributed by atoms with van der Waals surface area (Å²) in [4.78, 5) is 0. The van der Waals surface area contributed by atoms with Gasteiger partial charge in [0, 0.05) is 0 Å². The fourth-order valence-electron chi connectivity index (χ4n) is 1.22. The van der Waals surface area contributed by atoms with Gasteiger partial charge in [0.1, 0.15) is 0 Å². The zero-order chi connectivity index (χ0) is 9.78. The van der Waals surface area contributed by atoms with Crippen LogP contribution in [0.1, 0.15) is 40.5 Å². The molecule has 0 amide bonds.